The minimum atomic E-state index is -3.29. The number of anilines is 2. The van der Waals surface area contributed by atoms with Gasteiger partial charge in [-0.05, 0) is 45.2 Å². The van der Waals surface area contributed by atoms with Crippen molar-refractivity contribution < 1.29 is 31.9 Å². The molecule has 3 aliphatic rings. The van der Waals surface area contributed by atoms with E-state index in [1.807, 2.05) is 18.5 Å². The number of halogens is 2. The second-order valence-electron chi connectivity index (χ2n) is 12.4. The predicted octanol–water partition coefficient (Wildman–Crippen LogP) is 1.60. The normalized spacial score (nSPS) is 18.8. The molecule has 254 valence electrons. The summed E-state index contributed by atoms with van der Waals surface area (Å²) in [4.78, 5) is 16.0. The van der Waals surface area contributed by atoms with Gasteiger partial charge in [-0.15, -0.1) is 0 Å². The van der Waals surface area contributed by atoms with Gasteiger partial charge in [0.2, 0.25) is 0 Å². The Kier molecular flexibility index (Phi) is 12.0. The summed E-state index contributed by atoms with van der Waals surface area (Å²) in [5, 5.41) is 21.4. The molecule has 0 aromatic carbocycles. The molecule has 4 aromatic heterocycles. The van der Waals surface area contributed by atoms with Crippen molar-refractivity contribution >= 4 is 89.0 Å². The van der Waals surface area contributed by atoms with Crippen molar-refractivity contribution in [3.05, 3.63) is 20.1 Å². The highest BCUT2D eigenvalue weighted by atomic mass is 127. The Morgan fingerprint density at radius 2 is 1.46 bits per heavy atom. The minimum absolute atomic E-state index is 0.0942. The number of H-pyrrole nitrogens is 1. The lowest BCUT2D eigenvalue weighted by Crippen LogP contribution is -2.43. The van der Waals surface area contributed by atoms with Gasteiger partial charge in [-0.1, -0.05) is 20.8 Å². The first kappa shape index (κ1) is 36.7. The maximum Gasteiger partial charge on any atom is 0.264 e. The summed E-state index contributed by atoms with van der Waals surface area (Å²) in [6.07, 6.45) is 3.93. The van der Waals surface area contributed by atoms with Crippen LogP contribution in [0, 0.1) is 23.6 Å². The number of nitrogen functional groups attached to an aromatic ring is 2. The summed E-state index contributed by atoms with van der Waals surface area (Å²) in [5.41, 5.74) is 13.0. The first-order valence-electron chi connectivity index (χ1n) is 14.0. The van der Waals surface area contributed by atoms with E-state index in [4.69, 9.17) is 30.8 Å². The van der Waals surface area contributed by atoms with Crippen LogP contribution in [-0.2, 0) is 35.1 Å². The molecule has 0 amide bonds. The maximum absolute atomic E-state index is 10.6. The lowest BCUT2D eigenvalue weighted by atomic mass is 9.89. The van der Waals surface area contributed by atoms with Gasteiger partial charge in [-0.25, -0.2) is 24.6 Å². The van der Waals surface area contributed by atoms with Gasteiger partial charge in [0.15, 0.2) is 11.3 Å². The fourth-order valence-electron chi connectivity index (χ4n) is 4.17. The van der Waals surface area contributed by atoms with E-state index in [0.29, 0.717) is 30.5 Å². The van der Waals surface area contributed by atoms with Crippen molar-refractivity contribution in [2.75, 3.05) is 70.6 Å². The number of aromatic nitrogens is 8. The lowest BCUT2D eigenvalue weighted by molar-refractivity contribution is -0.125. The monoisotopic (exact) mass is 888 g/mol. The second-order valence-corrected chi connectivity index (χ2v) is 16.2. The molecule has 0 bridgehead atoms. The zero-order valence-electron chi connectivity index (χ0n) is 25.9. The smallest absolute Gasteiger partial charge is 0.264 e. The molecule has 3 aliphatic heterocycles. The van der Waals surface area contributed by atoms with Gasteiger partial charge in [0, 0.05) is 16.2 Å². The van der Waals surface area contributed by atoms with Crippen LogP contribution in [0.3, 0.4) is 0 Å². The quantitative estimate of drug-likeness (QED) is 0.159. The molecule has 0 saturated carbocycles. The molecular weight excluding hydrogens is 850 g/mol. The second kappa shape index (κ2) is 15.0. The molecule has 0 unspecified atom stereocenters. The molecule has 0 spiro atoms. The SMILES string of the molecule is CC1(CO)COC1.CC1(COS(C)(=O)=O)COC1.CC1(Cn2nc(I)c3c(N)ncnc32)COC1.Nc1ncnc2n[nH]c(I)c12. The molecule has 6 N–H and O–H groups in total. The van der Waals surface area contributed by atoms with Crippen LogP contribution >= 0.6 is 45.2 Å². The highest BCUT2D eigenvalue weighted by Gasteiger charge is 2.36. The number of aromatic amines is 1. The molecule has 17 nitrogen and oxygen atoms in total. The molecule has 7 heterocycles. The molecule has 0 atom stereocenters. The van der Waals surface area contributed by atoms with E-state index in [1.54, 1.807) is 0 Å². The van der Waals surface area contributed by atoms with Gasteiger partial charge in [0.1, 0.15) is 31.7 Å². The number of nitrogens with two attached hydrogens (primary N) is 2. The molecule has 3 fully saturated rings. The van der Waals surface area contributed by atoms with Crippen LogP contribution in [0.1, 0.15) is 20.8 Å². The van der Waals surface area contributed by atoms with Crippen molar-refractivity contribution in [1.82, 2.24) is 39.9 Å². The Labute approximate surface area is 293 Å². The fourth-order valence-corrected chi connectivity index (χ4v) is 6.08. The van der Waals surface area contributed by atoms with Gasteiger partial charge in [0.25, 0.3) is 10.1 Å². The summed E-state index contributed by atoms with van der Waals surface area (Å²) in [6.45, 7) is 11.6. The molecule has 3 saturated heterocycles. The van der Waals surface area contributed by atoms with E-state index in [2.05, 4.69) is 91.5 Å². The van der Waals surface area contributed by atoms with Crippen LogP contribution in [0.15, 0.2) is 12.7 Å². The number of nitrogens with zero attached hydrogens (tertiary/aromatic N) is 7. The van der Waals surface area contributed by atoms with Gasteiger partial charge in [-0.3, -0.25) is 9.28 Å². The van der Waals surface area contributed by atoms with E-state index < -0.39 is 10.1 Å². The molecule has 0 aliphatic carbocycles. The number of aliphatic hydroxyl groups excluding tert-OH is 1. The fraction of sp³-hybridized carbons (Fsp3) is 0.615. The Morgan fingerprint density at radius 3 is 1.91 bits per heavy atom. The first-order chi connectivity index (χ1) is 21.6. The third-order valence-electron chi connectivity index (χ3n) is 7.09. The van der Waals surface area contributed by atoms with Gasteiger partial charge in [-0.2, -0.15) is 18.6 Å². The first-order valence-corrected chi connectivity index (χ1v) is 17.9. The summed E-state index contributed by atoms with van der Waals surface area (Å²) in [5.74, 6) is 0.953. The number of nitrogens with one attached hydrogen (secondary N) is 1. The van der Waals surface area contributed by atoms with E-state index >= 15 is 0 Å². The third-order valence-corrected chi connectivity index (χ3v) is 9.17. The van der Waals surface area contributed by atoms with Crippen LogP contribution in [0.2, 0.25) is 0 Å². The Hall–Kier alpha value is -2.09. The van der Waals surface area contributed by atoms with Crippen LogP contribution in [0.4, 0.5) is 11.6 Å². The minimum Gasteiger partial charge on any atom is -0.396 e. The molecule has 46 heavy (non-hydrogen) atoms. The number of rotatable bonds is 6. The van der Waals surface area contributed by atoms with Crippen LogP contribution < -0.4 is 11.5 Å². The molecule has 20 heteroatoms. The summed E-state index contributed by atoms with van der Waals surface area (Å²) < 4.78 is 44.4. The number of ether oxygens (including phenoxy) is 3. The van der Waals surface area contributed by atoms with E-state index in [9.17, 15) is 8.42 Å². The van der Waals surface area contributed by atoms with E-state index in [0.717, 1.165) is 63.0 Å². The Bertz CT molecular complexity index is 1740. The Morgan fingerprint density at radius 1 is 0.913 bits per heavy atom. The predicted molar refractivity (Wildman–Crippen MR) is 186 cm³/mol. The highest BCUT2D eigenvalue weighted by molar-refractivity contribution is 14.1. The van der Waals surface area contributed by atoms with Crippen LogP contribution in [0.5, 0.6) is 0 Å². The molecule has 7 rings (SSSR count). The van der Waals surface area contributed by atoms with Crippen molar-refractivity contribution in [3.8, 4) is 0 Å². The standard InChI is InChI=1S/C10H12IN5O.C6H12O4S.C5H4IN5.C5H10O2/c1-10(3-17-4-10)2-16-9-6(7(11)15-16)8(12)13-5-14-9;1-6(3-9-4-6)5-10-11(2,7)8;6-3-2-4(7)8-1-9-5(2)11-10-3;1-5(2-6)3-7-4-5/h5H,2-4H2,1H3,(H2,12,13,14);3-5H2,1-2H3;1H,(H3,7,8,9,10,11);6H,2-4H2,1H3. The maximum atomic E-state index is 10.6. The largest absolute Gasteiger partial charge is 0.396 e. The van der Waals surface area contributed by atoms with Gasteiger partial charge < -0.3 is 30.8 Å². The summed E-state index contributed by atoms with van der Waals surface area (Å²) in [7, 11) is -3.29. The average molecular weight is 889 g/mol. The Balaban J connectivity index is 0.000000146. The van der Waals surface area contributed by atoms with Crippen molar-refractivity contribution in [1.29, 1.82) is 0 Å². The number of hydrogen-bond donors (Lipinski definition) is 4. The zero-order chi connectivity index (χ0) is 33.8. The van der Waals surface area contributed by atoms with Gasteiger partial charge >= 0.3 is 0 Å². The third kappa shape index (κ3) is 9.50. The molecule has 4 aromatic rings. The van der Waals surface area contributed by atoms with Crippen molar-refractivity contribution in [2.45, 2.75) is 27.3 Å². The molecule has 0 radical (unpaired) electrons. The van der Waals surface area contributed by atoms with Crippen molar-refractivity contribution in [2.24, 2.45) is 16.2 Å². The number of fused-ring (bicyclic) bond motifs is 2. The number of aliphatic hydroxyl groups is 1. The summed E-state index contributed by atoms with van der Waals surface area (Å²) in [6, 6.07) is 0. The van der Waals surface area contributed by atoms with Crippen LogP contribution in [-0.4, -0.2) is 113 Å². The topological polar surface area (TPSA) is 241 Å². The summed E-state index contributed by atoms with van der Waals surface area (Å²) >= 11 is 4.26. The lowest BCUT2D eigenvalue weighted by Gasteiger charge is -2.37. The van der Waals surface area contributed by atoms with E-state index in [1.165, 1.54) is 12.7 Å². The van der Waals surface area contributed by atoms with Crippen LogP contribution in [0.25, 0.3) is 22.1 Å². The van der Waals surface area contributed by atoms with Gasteiger partial charge in [0.05, 0.1) is 76.4 Å². The van der Waals surface area contributed by atoms with Crippen molar-refractivity contribution in [3.63, 3.8) is 0 Å². The zero-order valence-corrected chi connectivity index (χ0v) is 31.0. The highest BCUT2D eigenvalue weighted by Crippen LogP contribution is 2.31. The molecular formula is C26H38I2N10O7S. The number of hydrogen-bond acceptors (Lipinski definition) is 15. The average Bonchev–Trinajstić information content (AvgIpc) is 3.49. The van der Waals surface area contributed by atoms with E-state index in [-0.39, 0.29) is 29.5 Å².